The third-order valence-corrected chi connectivity index (χ3v) is 3.45. The summed E-state index contributed by atoms with van der Waals surface area (Å²) in [6.07, 6.45) is 2.45. The lowest BCUT2D eigenvalue weighted by molar-refractivity contribution is -0.119. The van der Waals surface area contributed by atoms with Crippen molar-refractivity contribution < 1.29 is 4.79 Å². The van der Waals surface area contributed by atoms with Crippen LogP contribution in [0.2, 0.25) is 0 Å². The van der Waals surface area contributed by atoms with Gasteiger partial charge in [0.2, 0.25) is 5.91 Å². The summed E-state index contributed by atoms with van der Waals surface area (Å²) in [4.78, 5) is 18.0. The standard InChI is InChI=1S/C15H14N4O/c16-8-11-9-18-13-5-2-1-4-12(13)15(11)19-7-3-6-17-14(20)10-19/h1-2,4-5,9H,3,6-7,10H2,(H,17,20). The minimum atomic E-state index is -0.00715. The van der Waals surface area contributed by atoms with E-state index in [4.69, 9.17) is 0 Å². The molecule has 0 aliphatic carbocycles. The van der Waals surface area contributed by atoms with Crippen LogP contribution in [0.15, 0.2) is 30.5 Å². The van der Waals surface area contributed by atoms with E-state index in [2.05, 4.69) is 16.4 Å². The Kier molecular flexibility index (Phi) is 3.21. The number of nitrogens with zero attached hydrogens (tertiary/aromatic N) is 3. The van der Waals surface area contributed by atoms with Gasteiger partial charge < -0.3 is 10.2 Å². The maximum Gasteiger partial charge on any atom is 0.239 e. The Morgan fingerprint density at radius 3 is 3.05 bits per heavy atom. The van der Waals surface area contributed by atoms with Gasteiger partial charge in [0.25, 0.3) is 0 Å². The minimum absolute atomic E-state index is 0.00715. The van der Waals surface area contributed by atoms with Crippen molar-refractivity contribution in [3.63, 3.8) is 0 Å². The molecule has 0 bridgehead atoms. The van der Waals surface area contributed by atoms with Gasteiger partial charge in [0.05, 0.1) is 23.3 Å². The minimum Gasteiger partial charge on any atom is -0.360 e. The van der Waals surface area contributed by atoms with Crippen LogP contribution in [-0.4, -0.2) is 30.5 Å². The molecule has 20 heavy (non-hydrogen) atoms. The molecule has 2 heterocycles. The molecule has 0 atom stereocenters. The van der Waals surface area contributed by atoms with Crippen LogP contribution in [0.5, 0.6) is 0 Å². The van der Waals surface area contributed by atoms with E-state index in [-0.39, 0.29) is 12.5 Å². The van der Waals surface area contributed by atoms with Crippen LogP contribution < -0.4 is 10.2 Å². The van der Waals surface area contributed by atoms with Crippen LogP contribution >= 0.6 is 0 Å². The summed E-state index contributed by atoms with van der Waals surface area (Å²) in [6.45, 7) is 1.71. The monoisotopic (exact) mass is 266 g/mol. The molecular weight excluding hydrogens is 252 g/mol. The lowest BCUT2D eigenvalue weighted by atomic mass is 10.1. The number of benzene rings is 1. The van der Waals surface area contributed by atoms with Gasteiger partial charge in [-0.3, -0.25) is 9.78 Å². The van der Waals surface area contributed by atoms with Crippen molar-refractivity contribution in [3.05, 3.63) is 36.0 Å². The van der Waals surface area contributed by atoms with Gasteiger partial charge in [-0.2, -0.15) is 5.26 Å². The zero-order chi connectivity index (χ0) is 13.9. The number of hydrogen-bond donors (Lipinski definition) is 1. The average Bonchev–Trinajstić information content (AvgIpc) is 2.70. The molecule has 0 spiro atoms. The molecule has 0 radical (unpaired) electrons. The molecule has 1 N–H and O–H groups in total. The summed E-state index contributed by atoms with van der Waals surface area (Å²) < 4.78 is 0. The van der Waals surface area contributed by atoms with Gasteiger partial charge in [-0.15, -0.1) is 0 Å². The molecule has 1 amide bonds. The Balaban J connectivity index is 2.17. The SMILES string of the molecule is N#Cc1cnc2ccccc2c1N1CCCNC(=O)C1. The Morgan fingerprint density at radius 1 is 1.35 bits per heavy atom. The van der Waals surface area contributed by atoms with Gasteiger partial charge in [0.15, 0.2) is 0 Å². The second kappa shape index (κ2) is 5.17. The van der Waals surface area contributed by atoms with Crippen LogP contribution in [0.4, 0.5) is 5.69 Å². The maximum absolute atomic E-state index is 11.8. The van der Waals surface area contributed by atoms with E-state index in [1.807, 2.05) is 29.2 Å². The van der Waals surface area contributed by atoms with Crippen molar-refractivity contribution in [2.75, 3.05) is 24.5 Å². The summed E-state index contributed by atoms with van der Waals surface area (Å²) in [5.74, 6) is -0.00715. The number of nitriles is 1. The molecule has 5 nitrogen and oxygen atoms in total. The van der Waals surface area contributed by atoms with Crippen LogP contribution in [-0.2, 0) is 4.79 Å². The summed E-state index contributed by atoms with van der Waals surface area (Å²) in [5.41, 5.74) is 2.17. The lowest BCUT2D eigenvalue weighted by Gasteiger charge is -2.23. The van der Waals surface area contributed by atoms with Gasteiger partial charge in [-0.1, -0.05) is 18.2 Å². The van der Waals surface area contributed by atoms with Crippen LogP contribution in [0.1, 0.15) is 12.0 Å². The number of pyridine rings is 1. The first-order valence-corrected chi connectivity index (χ1v) is 6.59. The molecule has 1 aliphatic heterocycles. The fourth-order valence-electron chi connectivity index (χ4n) is 2.55. The Bertz CT molecular complexity index is 705. The topological polar surface area (TPSA) is 69.0 Å². The largest absolute Gasteiger partial charge is 0.360 e. The predicted molar refractivity (Wildman–Crippen MR) is 76.3 cm³/mol. The molecule has 1 aliphatic rings. The van der Waals surface area contributed by atoms with E-state index in [0.29, 0.717) is 12.1 Å². The van der Waals surface area contributed by atoms with E-state index in [1.165, 1.54) is 0 Å². The summed E-state index contributed by atoms with van der Waals surface area (Å²) in [7, 11) is 0. The summed E-state index contributed by atoms with van der Waals surface area (Å²) in [5, 5.41) is 13.1. The quantitative estimate of drug-likeness (QED) is 0.847. The first kappa shape index (κ1) is 12.4. The van der Waals surface area contributed by atoms with Crippen molar-refractivity contribution in [2.45, 2.75) is 6.42 Å². The number of carbonyl (C=O) groups excluding carboxylic acids is 1. The number of aromatic nitrogens is 1. The van der Waals surface area contributed by atoms with Crippen LogP contribution in [0, 0.1) is 11.3 Å². The highest BCUT2D eigenvalue weighted by molar-refractivity contribution is 5.96. The average molecular weight is 266 g/mol. The number of para-hydroxylation sites is 1. The van der Waals surface area contributed by atoms with Crippen LogP contribution in [0.25, 0.3) is 10.9 Å². The zero-order valence-corrected chi connectivity index (χ0v) is 11.0. The van der Waals surface area contributed by atoms with Crippen molar-refractivity contribution in [1.29, 1.82) is 5.26 Å². The maximum atomic E-state index is 11.8. The first-order chi connectivity index (χ1) is 9.79. The normalized spacial score (nSPS) is 15.6. The Hall–Kier alpha value is -2.61. The van der Waals surface area contributed by atoms with E-state index >= 15 is 0 Å². The zero-order valence-electron chi connectivity index (χ0n) is 11.0. The van der Waals surface area contributed by atoms with Gasteiger partial charge in [-0.05, 0) is 12.5 Å². The predicted octanol–water partition coefficient (Wildman–Crippen LogP) is 1.43. The van der Waals surface area contributed by atoms with Gasteiger partial charge in [-0.25, -0.2) is 0 Å². The number of amides is 1. The smallest absolute Gasteiger partial charge is 0.239 e. The third kappa shape index (κ3) is 2.16. The summed E-state index contributed by atoms with van der Waals surface area (Å²) in [6, 6.07) is 9.88. The lowest BCUT2D eigenvalue weighted by Crippen LogP contribution is -2.33. The Labute approximate surface area is 116 Å². The highest BCUT2D eigenvalue weighted by Crippen LogP contribution is 2.29. The van der Waals surface area contributed by atoms with Crippen molar-refractivity contribution >= 4 is 22.5 Å². The number of rotatable bonds is 1. The highest BCUT2D eigenvalue weighted by Gasteiger charge is 2.20. The van der Waals surface area contributed by atoms with Crippen LogP contribution in [0.3, 0.4) is 0 Å². The number of carbonyl (C=O) groups is 1. The molecule has 1 aromatic heterocycles. The molecule has 0 saturated carbocycles. The van der Waals surface area contributed by atoms with Gasteiger partial charge >= 0.3 is 0 Å². The molecule has 0 unspecified atom stereocenters. The van der Waals surface area contributed by atoms with E-state index in [1.54, 1.807) is 6.20 Å². The number of hydrogen-bond acceptors (Lipinski definition) is 4. The van der Waals surface area contributed by atoms with Gasteiger partial charge in [0, 0.05) is 24.7 Å². The fourth-order valence-corrected chi connectivity index (χ4v) is 2.55. The molecule has 100 valence electrons. The van der Waals surface area contributed by atoms with Crippen molar-refractivity contribution in [2.24, 2.45) is 0 Å². The number of fused-ring (bicyclic) bond motifs is 1. The summed E-state index contributed by atoms with van der Waals surface area (Å²) >= 11 is 0. The molecule has 1 fully saturated rings. The van der Waals surface area contributed by atoms with E-state index in [9.17, 15) is 10.1 Å². The van der Waals surface area contributed by atoms with E-state index < -0.39 is 0 Å². The molecule has 3 rings (SSSR count). The first-order valence-electron chi connectivity index (χ1n) is 6.59. The fraction of sp³-hybridized carbons (Fsp3) is 0.267. The second-order valence-corrected chi connectivity index (χ2v) is 4.77. The second-order valence-electron chi connectivity index (χ2n) is 4.77. The molecule has 1 saturated heterocycles. The highest BCUT2D eigenvalue weighted by atomic mass is 16.2. The molecule has 2 aromatic rings. The molecule has 5 heteroatoms. The van der Waals surface area contributed by atoms with Gasteiger partial charge in [0.1, 0.15) is 6.07 Å². The third-order valence-electron chi connectivity index (χ3n) is 3.45. The van der Waals surface area contributed by atoms with E-state index in [0.717, 1.165) is 29.6 Å². The molecule has 1 aromatic carbocycles. The Morgan fingerprint density at radius 2 is 2.20 bits per heavy atom. The number of anilines is 1. The van der Waals surface area contributed by atoms with Crippen molar-refractivity contribution in [3.8, 4) is 6.07 Å². The number of nitrogens with one attached hydrogen (secondary N) is 1. The molecular formula is C15H14N4O. The van der Waals surface area contributed by atoms with Crippen molar-refractivity contribution in [1.82, 2.24) is 10.3 Å².